The summed E-state index contributed by atoms with van der Waals surface area (Å²) in [6.45, 7) is 6.04. The van der Waals surface area contributed by atoms with Gasteiger partial charge in [0.25, 0.3) is 0 Å². The molecule has 104 valence electrons. The number of thioether (sulfide) groups is 1. The van der Waals surface area contributed by atoms with Gasteiger partial charge in [-0.1, -0.05) is 49.9 Å². The maximum Gasteiger partial charge on any atom is 0.315 e. The van der Waals surface area contributed by atoms with Crippen LogP contribution >= 0.6 is 11.8 Å². The van der Waals surface area contributed by atoms with E-state index >= 15 is 0 Å². The second-order valence-electron chi connectivity index (χ2n) is 4.64. The molecule has 2 nitrogen and oxygen atoms in total. The minimum atomic E-state index is -0.540. The molecule has 1 atom stereocenters. The predicted octanol–water partition coefficient (Wildman–Crippen LogP) is 4.66. The second kappa shape index (κ2) is 7.39. The molecule has 0 aliphatic heterocycles. The Balaban J connectivity index is 2.94. The van der Waals surface area contributed by atoms with Crippen molar-refractivity contribution >= 4 is 17.7 Å². The van der Waals surface area contributed by atoms with Crippen molar-refractivity contribution in [3.63, 3.8) is 0 Å². The van der Waals surface area contributed by atoms with E-state index in [1.165, 1.54) is 16.9 Å². The van der Waals surface area contributed by atoms with Crippen LogP contribution in [-0.2, 0) is 9.53 Å². The van der Waals surface area contributed by atoms with E-state index in [1.807, 2.05) is 32.0 Å². The minimum absolute atomic E-state index is 0.172. The topological polar surface area (TPSA) is 26.3 Å². The Morgan fingerprint density at radius 2 is 1.95 bits per heavy atom. The third kappa shape index (κ3) is 4.43. The fraction of sp³-hybridized carbons (Fsp3) is 0.438. The highest BCUT2D eigenvalue weighted by atomic mass is 32.2. The van der Waals surface area contributed by atoms with Gasteiger partial charge in [0, 0.05) is 4.90 Å². The fourth-order valence-electron chi connectivity index (χ4n) is 1.74. The third-order valence-electron chi connectivity index (χ3n) is 3.21. The molecule has 19 heavy (non-hydrogen) atoms. The summed E-state index contributed by atoms with van der Waals surface area (Å²) in [5, 5.41) is 0. The first kappa shape index (κ1) is 15.8. The molecule has 0 saturated carbocycles. The number of esters is 1. The number of carbonyl (C=O) groups is 1. The number of benzene rings is 1. The van der Waals surface area contributed by atoms with Gasteiger partial charge in [0.1, 0.15) is 0 Å². The average molecular weight is 278 g/mol. The van der Waals surface area contributed by atoms with Crippen molar-refractivity contribution in [2.75, 3.05) is 7.11 Å². The molecule has 0 saturated heterocycles. The van der Waals surface area contributed by atoms with Crippen molar-refractivity contribution in [3.8, 4) is 0 Å². The zero-order chi connectivity index (χ0) is 14.3. The Hall–Kier alpha value is -1.22. The average Bonchev–Trinajstić information content (AvgIpc) is 2.46. The maximum absolute atomic E-state index is 11.9. The first-order valence-corrected chi connectivity index (χ1v) is 7.40. The second-order valence-corrected chi connectivity index (χ2v) is 5.84. The van der Waals surface area contributed by atoms with Crippen LogP contribution in [-0.4, -0.2) is 13.1 Å². The molecular formula is C16H22O2S. The Labute approximate surface area is 120 Å². The van der Waals surface area contributed by atoms with Crippen molar-refractivity contribution < 1.29 is 9.53 Å². The van der Waals surface area contributed by atoms with Crippen LogP contribution in [0.2, 0.25) is 0 Å². The lowest BCUT2D eigenvalue weighted by Crippen LogP contribution is -2.26. The smallest absolute Gasteiger partial charge is 0.315 e. The Bertz CT molecular complexity index is 439. The highest BCUT2D eigenvalue weighted by Gasteiger charge is 2.30. The molecule has 1 aromatic rings. The number of allylic oxidation sites excluding steroid dienone is 1. The van der Waals surface area contributed by atoms with E-state index in [9.17, 15) is 4.79 Å². The molecule has 0 fully saturated rings. The van der Waals surface area contributed by atoms with Crippen molar-refractivity contribution in [3.05, 3.63) is 41.3 Å². The number of hydrogen-bond acceptors (Lipinski definition) is 3. The zero-order valence-corrected chi connectivity index (χ0v) is 12.9. The largest absolute Gasteiger partial charge is 0.468 e. The van der Waals surface area contributed by atoms with Gasteiger partial charge in [0.05, 0.1) is 12.5 Å². The molecule has 0 amide bonds. The maximum atomic E-state index is 11.9. The van der Waals surface area contributed by atoms with E-state index in [0.717, 1.165) is 12.8 Å². The summed E-state index contributed by atoms with van der Waals surface area (Å²) in [6.07, 6.45) is 3.70. The molecule has 0 aliphatic carbocycles. The van der Waals surface area contributed by atoms with Crippen LogP contribution in [0.5, 0.6) is 0 Å². The number of ether oxygens (including phenoxy) is 1. The van der Waals surface area contributed by atoms with E-state index in [2.05, 4.69) is 25.1 Å². The van der Waals surface area contributed by atoms with Crippen LogP contribution in [0, 0.1) is 5.41 Å². The standard InChI is InChI=1S/C16H22O2S/c1-5-13(19-14-10-8-7-9-11-14)12-16(3,6-2)15(17)18-4/h7-12H,5-6H2,1-4H3/b13-12-. The molecule has 1 rings (SSSR count). The summed E-state index contributed by atoms with van der Waals surface area (Å²) in [4.78, 5) is 14.3. The van der Waals surface area contributed by atoms with Gasteiger partial charge in [-0.15, -0.1) is 0 Å². The lowest BCUT2D eigenvalue weighted by Gasteiger charge is -2.22. The van der Waals surface area contributed by atoms with Crippen LogP contribution in [0.3, 0.4) is 0 Å². The van der Waals surface area contributed by atoms with Crippen molar-refractivity contribution in [1.82, 2.24) is 0 Å². The van der Waals surface area contributed by atoms with Crippen molar-refractivity contribution in [2.24, 2.45) is 5.41 Å². The Kier molecular flexibility index (Phi) is 6.16. The molecule has 3 heteroatoms. The van der Waals surface area contributed by atoms with Gasteiger partial charge in [-0.3, -0.25) is 4.79 Å². The number of rotatable bonds is 6. The third-order valence-corrected chi connectivity index (χ3v) is 4.38. The SMILES string of the molecule is CC/C(=C/C(C)(CC)C(=O)OC)Sc1ccccc1. The number of hydrogen-bond donors (Lipinski definition) is 0. The van der Waals surface area contributed by atoms with Crippen molar-refractivity contribution in [2.45, 2.75) is 38.5 Å². The van der Waals surface area contributed by atoms with Gasteiger partial charge in [-0.2, -0.15) is 0 Å². The molecule has 0 N–H and O–H groups in total. The molecule has 0 radical (unpaired) electrons. The van der Waals surface area contributed by atoms with Crippen LogP contribution < -0.4 is 0 Å². The molecule has 1 aromatic carbocycles. The highest BCUT2D eigenvalue weighted by molar-refractivity contribution is 8.03. The predicted molar refractivity (Wildman–Crippen MR) is 81.1 cm³/mol. The lowest BCUT2D eigenvalue weighted by molar-refractivity contribution is -0.149. The first-order valence-electron chi connectivity index (χ1n) is 6.58. The molecule has 0 aromatic heterocycles. The molecule has 0 aliphatic rings. The summed E-state index contributed by atoms with van der Waals surface area (Å²) < 4.78 is 4.91. The lowest BCUT2D eigenvalue weighted by atomic mass is 9.87. The van der Waals surface area contributed by atoms with E-state index in [-0.39, 0.29) is 5.97 Å². The van der Waals surface area contributed by atoms with E-state index in [1.54, 1.807) is 11.8 Å². The van der Waals surface area contributed by atoms with E-state index in [4.69, 9.17) is 4.74 Å². The summed E-state index contributed by atoms with van der Waals surface area (Å²) in [6, 6.07) is 10.2. The van der Waals surface area contributed by atoms with Gasteiger partial charge in [-0.05, 0) is 36.8 Å². The van der Waals surface area contributed by atoms with Gasteiger partial charge in [-0.25, -0.2) is 0 Å². The van der Waals surface area contributed by atoms with Crippen molar-refractivity contribution in [1.29, 1.82) is 0 Å². The van der Waals surface area contributed by atoms with Crippen LogP contribution in [0.25, 0.3) is 0 Å². The fourth-order valence-corrected chi connectivity index (χ4v) is 2.80. The Morgan fingerprint density at radius 3 is 2.42 bits per heavy atom. The molecule has 0 bridgehead atoms. The molecule has 1 unspecified atom stereocenters. The minimum Gasteiger partial charge on any atom is -0.468 e. The zero-order valence-electron chi connectivity index (χ0n) is 12.1. The van der Waals surface area contributed by atoms with Gasteiger partial charge in [0.15, 0.2) is 0 Å². The molecule has 0 heterocycles. The normalized spacial score (nSPS) is 14.8. The van der Waals surface area contributed by atoms with Crippen LogP contribution in [0.1, 0.15) is 33.6 Å². The monoisotopic (exact) mass is 278 g/mol. The summed E-state index contributed by atoms with van der Waals surface area (Å²) in [5.41, 5.74) is -0.540. The van der Waals surface area contributed by atoms with Crippen LogP contribution in [0.4, 0.5) is 0 Å². The quantitative estimate of drug-likeness (QED) is 0.559. The Morgan fingerprint density at radius 1 is 1.32 bits per heavy atom. The van der Waals surface area contributed by atoms with E-state index < -0.39 is 5.41 Å². The van der Waals surface area contributed by atoms with Gasteiger partial charge >= 0.3 is 5.97 Å². The van der Waals surface area contributed by atoms with Gasteiger partial charge in [0.2, 0.25) is 0 Å². The number of methoxy groups -OCH3 is 1. The van der Waals surface area contributed by atoms with E-state index in [0.29, 0.717) is 0 Å². The van der Waals surface area contributed by atoms with Gasteiger partial charge < -0.3 is 4.74 Å². The molecular weight excluding hydrogens is 256 g/mol. The number of carbonyl (C=O) groups excluding carboxylic acids is 1. The first-order chi connectivity index (χ1) is 9.05. The molecule has 0 spiro atoms. The summed E-state index contributed by atoms with van der Waals surface area (Å²) in [5.74, 6) is -0.172. The summed E-state index contributed by atoms with van der Waals surface area (Å²) in [7, 11) is 1.44. The van der Waals surface area contributed by atoms with Crippen LogP contribution in [0.15, 0.2) is 46.2 Å². The highest BCUT2D eigenvalue weighted by Crippen LogP contribution is 2.34. The summed E-state index contributed by atoms with van der Waals surface area (Å²) >= 11 is 1.71.